The maximum Gasteiger partial charge on any atom is 0.166 e. The van der Waals surface area contributed by atoms with E-state index in [1.807, 2.05) is 30.7 Å². The van der Waals surface area contributed by atoms with Gasteiger partial charge in [-0.05, 0) is 19.1 Å². The summed E-state index contributed by atoms with van der Waals surface area (Å²) in [5.41, 5.74) is 2.27. The van der Waals surface area contributed by atoms with Gasteiger partial charge in [-0.3, -0.25) is 4.98 Å². The fraction of sp³-hybridized carbons (Fsp3) is 0.182. The van der Waals surface area contributed by atoms with Crippen LogP contribution in [-0.4, -0.2) is 14.5 Å². The lowest BCUT2D eigenvalue weighted by Gasteiger charge is -2.03. The Morgan fingerprint density at radius 1 is 1.33 bits per heavy atom. The predicted octanol–water partition coefficient (Wildman–Crippen LogP) is 1.66. The predicted molar refractivity (Wildman–Crippen MR) is 55.9 cm³/mol. The van der Waals surface area contributed by atoms with E-state index in [1.54, 1.807) is 12.4 Å². The van der Waals surface area contributed by atoms with Gasteiger partial charge in [-0.25, -0.2) is 4.98 Å². The lowest BCUT2D eigenvalue weighted by molar-refractivity contribution is 0.865. The minimum atomic E-state index is 0.459. The van der Waals surface area contributed by atoms with Crippen molar-refractivity contribution in [3.05, 3.63) is 36.0 Å². The quantitative estimate of drug-likeness (QED) is 0.700. The van der Waals surface area contributed by atoms with Gasteiger partial charge in [0.05, 0.1) is 5.69 Å². The molecule has 0 aliphatic carbocycles. The number of nitrogens with zero attached hydrogens (tertiary/aromatic N) is 4. The van der Waals surface area contributed by atoms with Gasteiger partial charge in [0.2, 0.25) is 0 Å². The molecule has 4 heteroatoms. The summed E-state index contributed by atoms with van der Waals surface area (Å²) in [6, 6.07) is 5.85. The third-order valence-corrected chi connectivity index (χ3v) is 2.38. The van der Waals surface area contributed by atoms with E-state index in [0.717, 1.165) is 17.1 Å². The zero-order chi connectivity index (χ0) is 10.8. The van der Waals surface area contributed by atoms with Gasteiger partial charge in [-0.1, -0.05) is 0 Å². The van der Waals surface area contributed by atoms with E-state index in [2.05, 4.69) is 16.0 Å². The first-order chi connectivity index (χ1) is 7.24. The van der Waals surface area contributed by atoms with E-state index in [-0.39, 0.29) is 0 Å². The van der Waals surface area contributed by atoms with Gasteiger partial charge in [0.1, 0.15) is 11.9 Å². The third kappa shape index (κ3) is 1.48. The Morgan fingerprint density at radius 2 is 2.00 bits per heavy atom. The van der Waals surface area contributed by atoms with Crippen molar-refractivity contribution in [2.75, 3.05) is 0 Å². The molecule has 0 radical (unpaired) electrons. The topological polar surface area (TPSA) is 54.5 Å². The van der Waals surface area contributed by atoms with Crippen molar-refractivity contribution in [1.29, 1.82) is 5.26 Å². The normalized spacial score (nSPS) is 9.93. The third-order valence-electron chi connectivity index (χ3n) is 2.38. The highest BCUT2D eigenvalue weighted by atomic mass is 15.1. The Labute approximate surface area is 87.8 Å². The first-order valence-corrected chi connectivity index (χ1v) is 4.58. The van der Waals surface area contributed by atoms with Crippen LogP contribution in [0.3, 0.4) is 0 Å². The maximum absolute atomic E-state index is 8.98. The van der Waals surface area contributed by atoms with E-state index in [0.29, 0.717) is 5.69 Å². The molecule has 0 saturated heterocycles. The maximum atomic E-state index is 8.98. The summed E-state index contributed by atoms with van der Waals surface area (Å²) in [7, 11) is 1.90. The van der Waals surface area contributed by atoms with Crippen molar-refractivity contribution in [3.63, 3.8) is 0 Å². The molecule has 2 rings (SSSR count). The summed E-state index contributed by atoms with van der Waals surface area (Å²) in [5, 5.41) is 8.98. The van der Waals surface area contributed by atoms with Gasteiger partial charge in [-0.2, -0.15) is 5.26 Å². The van der Waals surface area contributed by atoms with Crippen molar-refractivity contribution >= 4 is 0 Å². The summed E-state index contributed by atoms with van der Waals surface area (Å²) >= 11 is 0. The molecular weight excluding hydrogens is 188 g/mol. The molecule has 2 heterocycles. The molecule has 0 bridgehead atoms. The van der Waals surface area contributed by atoms with Crippen LogP contribution < -0.4 is 0 Å². The summed E-state index contributed by atoms with van der Waals surface area (Å²) in [6.07, 6.45) is 3.41. The standard InChI is InChI=1S/C11H10N4/c1-8-14-10(7-12)11(15(8)2)9-3-5-13-6-4-9/h3-6H,1-2H3. The molecule has 0 fully saturated rings. The second kappa shape index (κ2) is 3.54. The first-order valence-electron chi connectivity index (χ1n) is 4.58. The molecule has 0 aliphatic rings. The molecule has 0 unspecified atom stereocenters. The van der Waals surface area contributed by atoms with Crippen LogP contribution in [0.1, 0.15) is 11.5 Å². The Balaban J connectivity index is 2.68. The van der Waals surface area contributed by atoms with Gasteiger partial charge < -0.3 is 4.57 Å². The van der Waals surface area contributed by atoms with E-state index < -0.39 is 0 Å². The molecule has 2 aromatic heterocycles. The Bertz CT molecular complexity index is 520. The number of hydrogen-bond donors (Lipinski definition) is 0. The SMILES string of the molecule is Cc1nc(C#N)c(-c2ccncc2)n1C. The molecule has 4 nitrogen and oxygen atoms in total. The highest BCUT2D eigenvalue weighted by Gasteiger charge is 2.12. The van der Waals surface area contributed by atoms with Gasteiger partial charge >= 0.3 is 0 Å². The highest BCUT2D eigenvalue weighted by Crippen LogP contribution is 2.22. The van der Waals surface area contributed by atoms with Crippen molar-refractivity contribution in [3.8, 4) is 17.3 Å². The fourth-order valence-corrected chi connectivity index (χ4v) is 1.53. The van der Waals surface area contributed by atoms with E-state index >= 15 is 0 Å². The molecule has 15 heavy (non-hydrogen) atoms. The zero-order valence-corrected chi connectivity index (χ0v) is 8.60. The molecule has 74 valence electrons. The smallest absolute Gasteiger partial charge is 0.166 e. The first kappa shape index (κ1) is 9.41. The zero-order valence-electron chi connectivity index (χ0n) is 8.60. The summed E-state index contributed by atoms with van der Waals surface area (Å²) in [6.45, 7) is 1.88. The molecule has 0 amide bonds. The van der Waals surface area contributed by atoms with Crippen LogP contribution in [0.5, 0.6) is 0 Å². The monoisotopic (exact) mass is 198 g/mol. The summed E-state index contributed by atoms with van der Waals surface area (Å²) in [5.74, 6) is 0.832. The molecule has 0 spiro atoms. The number of aryl methyl sites for hydroxylation is 1. The molecule has 0 N–H and O–H groups in total. The second-order valence-corrected chi connectivity index (χ2v) is 3.26. The number of hydrogen-bond acceptors (Lipinski definition) is 3. The van der Waals surface area contributed by atoms with Crippen LogP contribution in [0.2, 0.25) is 0 Å². The van der Waals surface area contributed by atoms with Crippen LogP contribution >= 0.6 is 0 Å². The van der Waals surface area contributed by atoms with E-state index in [1.165, 1.54) is 0 Å². The van der Waals surface area contributed by atoms with Crippen molar-refractivity contribution in [2.45, 2.75) is 6.92 Å². The lowest BCUT2D eigenvalue weighted by atomic mass is 10.1. The molecule has 0 saturated carbocycles. The largest absolute Gasteiger partial charge is 0.330 e. The number of nitriles is 1. The average molecular weight is 198 g/mol. The van der Waals surface area contributed by atoms with Gasteiger partial charge in [0.15, 0.2) is 5.69 Å². The average Bonchev–Trinajstić information content (AvgIpc) is 2.56. The molecule has 0 aliphatic heterocycles. The summed E-state index contributed by atoms with van der Waals surface area (Å²) < 4.78 is 1.91. The van der Waals surface area contributed by atoms with Crippen molar-refractivity contribution in [1.82, 2.24) is 14.5 Å². The van der Waals surface area contributed by atoms with Crippen molar-refractivity contribution in [2.24, 2.45) is 7.05 Å². The molecule has 2 aromatic rings. The molecule has 0 aromatic carbocycles. The Morgan fingerprint density at radius 3 is 2.60 bits per heavy atom. The highest BCUT2D eigenvalue weighted by molar-refractivity contribution is 5.65. The van der Waals surface area contributed by atoms with Crippen LogP contribution in [0, 0.1) is 18.3 Å². The molecule has 0 atom stereocenters. The number of aromatic nitrogens is 3. The van der Waals surface area contributed by atoms with Gasteiger partial charge in [-0.15, -0.1) is 0 Å². The van der Waals surface area contributed by atoms with Gasteiger partial charge in [0, 0.05) is 25.0 Å². The van der Waals surface area contributed by atoms with Crippen LogP contribution in [0.15, 0.2) is 24.5 Å². The Hall–Kier alpha value is -2.15. The lowest BCUT2D eigenvalue weighted by Crippen LogP contribution is -1.94. The number of pyridine rings is 1. The van der Waals surface area contributed by atoms with Crippen LogP contribution in [-0.2, 0) is 7.05 Å². The number of rotatable bonds is 1. The Kier molecular flexibility index (Phi) is 2.22. The van der Waals surface area contributed by atoms with Crippen molar-refractivity contribution < 1.29 is 0 Å². The van der Waals surface area contributed by atoms with Crippen LogP contribution in [0.25, 0.3) is 11.3 Å². The minimum absolute atomic E-state index is 0.459. The minimum Gasteiger partial charge on any atom is -0.330 e. The van der Waals surface area contributed by atoms with Gasteiger partial charge in [0.25, 0.3) is 0 Å². The van der Waals surface area contributed by atoms with E-state index in [4.69, 9.17) is 5.26 Å². The second-order valence-electron chi connectivity index (χ2n) is 3.26. The molecular formula is C11H10N4. The summed E-state index contributed by atoms with van der Waals surface area (Å²) in [4.78, 5) is 8.14. The van der Waals surface area contributed by atoms with Crippen LogP contribution in [0.4, 0.5) is 0 Å². The van der Waals surface area contributed by atoms with E-state index in [9.17, 15) is 0 Å². The fourth-order valence-electron chi connectivity index (χ4n) is 1.53. The number of imidazole rings is 1.